The van der Waals surface area contributed by atoms with E-state index in [2.05, 4.69) is 11.7 Å². The largest absolute Gasteiger partial charge is 0.469 e. The van der Waals surface area contributed by atoms with Gasteiger partial charge in [0, 0.05) is 24.7 Å². The first-order valence-corrected chi connectivity index (χ1v) is 10.5. The molecular formula is C22H38O5. The molecule has 0 aliphatic heterocycles. The monoisotopic (exact) mass is 382 g/mol. The SMILES string of the molecule is CCCC[C@@](C)(O)CC=C[C@H]1[C@H](O)CC(=O)[C@@H]1CCCCCCC(=O)OC. The number of aliphatic hydroxyl groups excluding tert-OH is 1. The van der Waals surface area contributed by atoms with Crippen molar-refractivity contribution in [3.63, 3.8) is 0 Å². The molecule has 0 spiro atoms. The fraction of sp³-hybridized carbons (Fsp3) is 0.818. The molecule has 1 saturated carbocycles. The first-order chi connectivity index (χ1) is 12.8. The second kappa shape index (κ2) is 12.3. The fourth-order valence-corrected chi connectivity index (χ4v) is 3.82. The Balaban J connectivity index is 2.42. The predicted molar refractivity (Wildman–Crippen MR) is 106 cm³/mol. The third-order valence-corrected chi connectivity index (χ3v) is 5.59. The van der Waals surface area contributed by atoms with Gasteiger partial charge in [-0.3, -0.25) is 9.59 Å². The van der Waals surface area contributed by atoms with Crippen LogP contribution in [0.3, 0.4) is 0 Å². The van der Waals surface area contributed by atoms with Crippen molar-refractivity contribution in [2.75, 3.05) is 7.11 Å². The minimum absolute atomic E-state index is 0.127. The van der Waals surface area contributed by atoms with Crippen molar-refractivity contribution in [1.82, 2.24) is 0 Å². The second-order valence-corrected chi connectivity index (χ2v) is 8.18. The molecule has 5 nitrogen and oxygen atoms in total. The van der Waals surface area contributed by atoms with Crippen LogP contribution >= 0.6 is 0 Å². The van der Waals surface area contributed by atoms with E-state index in [9.17, 15) is 19.8 Å². The van der Waals surface area contributed by atoms with Gasteiger partial charge in [0.05, 0.1) is 18.8 Å². The summed E-state index contributed by atoms with van der Waals surface area (Å²) < 4.78 is 4.62. The third-order valence-electron chi connectivity index (χ3n) is 5.59. The number of rotatable bonds is 13. The van der Waals surface area contributed by atoms with Crippen LogP contribution < -0.4 is 0 Å². The number of ether oxygens (including phenoxy) is 1. The van der Waals surface area contributed by atoms with Crippen LogP contribution in [0.15, 0.2) is 12.2 Å². The molecule has 0 radical (unpaired) electrons. The number of aliphatic hydroxyl groups is 2. The Kier molecular flexibility index (Phi) is 10.9. The molecule has 1 rings (SSSR count). The van der Waals surface area contributed by atoms with Crippen molar-refractivity contribution in [1.29, 1.82) is 0 Å². The van der Waals surface area contributed by atoms with Crippen LogP contribution in [0.1, 0.15) is 84.5 Å². The summed E-state index contributed by atoms with van der Waals surface area (Å²) in [6, 6.07) is 0. The van der Waals surface area contributed by atoms with Crippen LogP contribution in [-0.4, -0.2) is 40.8 Å². The number of carbonyl (C=O) groups is 2. The highest BCUT2D eigenvalue weighted by molar-refractivity contribution is 5.84. The van der Waals surface area contributed by atoms with E-state index in [4.69, 9.17) is 0 Å². The number of methoxy groups -OCH3 is 1. The van der Waals surface area contributed by atoms with Gasteiger partial charge in [-0.05, 0) is 32.6 Å². The molecule has 0 bridgehead atoms. The summed E-state index contributed by atoms with van der Waals surface area (Å²) in [6.45, 7) is 3.95. The Bertz CT molecular complexity index is 483. The fourth-order valence-electron chi connectivity index (χ4n) is 3.82. The van der Waals surface area contributed by atoms with Gasteiger partial charge in [-0.2, -0.15) is 0 Å². The van der Waals surface area contributed by atoms with Gasteiger partial charge in [0.1, 0.15) is 5.78 Å². The summed E-state index contributed by atoms with van der Waals surface area (Å²) in [5, 5.41) is 20.6. The molecule has 156 valence electrons. The maximum atomic E-state index is 12.2. The maximum absolute atomic E-state index is 12.2. The van der Waals surface area contributed by atoms with Crippen molar-refractivity contribution in [3.8, 4) is 0 Å². The smallest absolute Gasteiger partial charge is 0.305 e. The van der Waals surface area contributed by atoms with E-state index in [0.29, 0.717) is 12.8 Å². The molecule has 0 amide bonds. The van der Waals surface area contributed by atoms with Crippen LogP contribution in [0, 0.1) is 11.8 Å². The van der Waals surface area contributed by atoms with E-state index >= 15 is 0 Å². The van der Waals surface area contributed by atoms with Crippen LogP contribution in [-0.2, 0) is 14.3 Å². The first kappa shape index (κ1) is 23.8. The maximum Gasteiger partial charge on any atom is 0.305 e. The molecule has 1 aliphatic carbocycles. The molecule has 0 aromatic carbocycles. The van der Waals surface area contributed by atoms with Gasteiger partial charge in [-0.1, -0.05) is 51.2 Å². The van der Waals surface area contributed by atoms with Crippen molar-refractivity contribution in [2.24, 2.45) is 11.8 Å². The second-order valence-electron chi connectivity index (χ2n) is 8.18. The number of hydrogen-bond donors (Lipinski definition) is 2. The van der Waals surface area contributed by atoms with E-state index in [1.54, 1.807) is 0 Å². The molecule has 0 heterocycles. The summed E-state index contributed by atoms with van der Waals surface area (Å²) in [5.74, 6) is -0.305. The summed E-state index contributed by atoms with van der Waals surface area (Å²) in [5.41, 5.74) is -0.727. The number of unbranched alkanes of at least 4 members (excludes halogenated alkanes) is 4. The van der Waals surface area contributed by atoms with Crippen LogP contribution in [0.2, 0.25) is 0 Å². The molecule has 1 fully saturated rings. The van der Waals surface area contributed by atoms with E-state index in [0.717, 1.165) is 51.4 Å². The predicted octanol–water partition coefficient (Wildman–Crippen LogP) is 3.95. The average molecular weight is 383 g/mol. The summed E-state index contributed by atoms with van der Waals surface area (Å²) in [7, 11) is 1.40. The van der Waals surface area contributed by atoms with Gasteiger partial charge < -0.3 is 14.9 Å². The first-order valence-electron chi connectivity index (χ1n) is 10.5. The Morgan fingerprint density at radius 2 is 1.96 bits per heavy atom. The number of esters is 1. The summed E-state index contributed by atoms with van der Waals surface area (Å²) in [4.78, 5) is 23.3. The number of ketones is 1. The van der Waals surface area contributed by atoms with Gasteiger partial charge in [0.2, 0.25) is 0 Å². The number of Topliss-reactive ketones (excluding diaryl/α,β-unsaturated/α-hetero) is 1. The molecule has 5 heteroatoms. The Morgan fingerprint density at radius 3 is 2.63 bits per heavy atom. The van der Waals surface area contributed by atoms with E-state index in [1.165, 1.54) is 7.11 Å². The van der Waals surface area contributed by atoms with Crippen molar-refractivity contribution < 1.29 is 24.5 Å². The van der Waals surface area contributed by atoms with Gasteiger partial charge >= 0.3 is 5.97 Å². The lowest BCUT2D eigenvalue weighted by Gasteiger charge is -2.22. The third kappa shape index (κ3) is 9.02. The Hall–Kier alpha value is -1.20. The van der Waals surface area contributed by atoms with Gasteiger partial charge in [0.25, 0.3) is 0 Å². The standard InChI is InChI=1S/C22H38O5/c1-4-5-14-22(2,26)15-10-12-18-17(19(23)16-20(18)24)11-8-6-7-9-13-21(25)27-3/h10,12,17-18,20,24,26H,4-9,11,13-16H2,1-3H3/t17-,18-,20-,22-/m1/s1. The topological polar surface area (TPSA) is 83.8 Å². The van der Waals surface area contributed by atoms with Crippen molar-refractivity contribution in [3.05, 3.63) is 12.2 Å². The lowest BCUT2D eigenvalue weighted by atomic mass is 9.87. The zero-order valence-corrected chi connectivity index (χ0v) is 17.3. The molecular weight excluding hydrogens is 344 g/mol. The summed E-state index contributed by atoms with van der Waals surface area (Å²) in [6.07, 6.45) is 11.7. The lowest BCUT2D eigenvalue weighted by Crippen LogP contribution is -2.23. The van der Waals surface area contributed by atoms with Gasteiger partial charge in [0.15, 0.2) is 0 Å². The highest BCUT2D eigenvalue weighted by atomic mass is 16.5. The molecule has 0 saturated heterocycles. The van der Waals surface area contributed by atoms with Crippen LogP contribution in [0.25, 0.3) is 0 Å². The molecule has 4 atom stereocenters. The quantitative estimate of drug-likeness (QED) is 0.286. The normalized spacial score (nSPS) is 25.1. The zero-order valence-electron chi connectivity index (χ0n) is 17.3. The molecule has 0 unspecified atom stereocenters. The van der Waals surface area contributed by atoms with Crippen molar-refractivity contribution >= 4 is 11.8 Å². The average Bonchev–Trinajstić information content (AvgIpc) is 2.89. The van der Waals surface area contributed by atoms with E-state index < -0.39 is 11.7 Å². The highest BCUT2D eigenvalue weighted by Crippen LogP contribution is 2.34. The zero-order chi connectivity index (χ0) is 20.3. The Morgan fingerprint density at radius 1 is 1.26 bits per heavy atom. The van der Waals surface area contributed by atoms with Crippen molar-refractivity contribution in [2.45, 2.75) is 96.2 Å². The van der Waals surface area contributed by atoms with E-state index in [-0.39, 0.29) is 30.0 Å². The molecule has 0 aromatic rings. The molecule has 0 aromatic heterocycles. The summed E-state index contributed by atoms with van der Waals surface area (Å²) >= 11 is 0. The van der Waals surface area contributed by atoms with Crippen LogP contribution in [0.4, 0.5) is 0 Å². The molecule has 1 aliphatic rings. The van der Waals surface area contributed by atoms with Crippen LogP contribution in [0.5, 0.6) is 0 Å². The molecule has 2 N–H and O–H groups in total. The van der Waals surface area contributed by atoms with Gasteiger partial charge in [-0.25, -0.2) is 0 Å². The molecule has 27 heavy (non-hydrogen) atoms. The minimum Gasteiger partial charge on any atom is -0.469 e. The lowest BCUT2D eigenvalue weighted by molar-refractivity contribution is -0.140. The van der Waals surface area contributed by atoms with Gasteiger partial charge in [-0.15, -0.1) is 0 Å². The highest BCUT2D eigenvalue weighted by Gasteiger charge is 2.39. The number of carbonyl (C=O) groups excluding carboxylic acids is 2. The Labute approximate surface area is 164 Å². The minimum atomic E-state index is -0.727. The number of hydrogen-bond acceptors (Lipinski definition) is 5. The van der Waals surface area contributed by atoms with E-state index in [1.807, 2.05) is 19.1 Å².